The molecule has 5 heteroatoms. The van der Waals surface area contributed by atoms with Gasteiger partial charge in [-0.25, -0.2) is 4.79 Å². The van der Waals surface area contributed by atoms with Gasteiger partial charge in [-0.05, 0) is 24.1 Å². The number of hydrogen-bond donors (Lipinski definition) is 1. The summed E-state index contributed by atoms with van der Waals surface area (Å²) in [5.74, 6) is -1.03. The Morgan fingerprint density at radius 3 is 2.95 bits per heavy atom. The van der Waals surface area contributed by atoms with Crippen LogP contribution in [-0.4, -0.2) is 32.9 Å². The lowest BCUT2D eigenvalue weighted by atomic mass is 10.1. The number of carbonyl (C=O) groups is 2. The van der Waals surface area contributed by atoms with Crippen molar-refractivity contribution < 1.29 is 14.7 Å². The number of carbonyl (C=O) groups excluding carboxylic acids is 1. The first-order chi connectivity index (χ1) is 9.66. The standard InChI is InChI=1S/C15H14N2O3/c18-14-6-5-13(15(19)20)17(14)9-10-7-8-16-12-4-2-1-3-11(10)12/h1-4,7-8,13H,5-6,9H2,(H,19,20). The molecular weight excluding hydrogens is 256 g/mol. The summed E-state index contributed by atoms with van der Waals surface area (Å²) in [5, 5.41) is 10.1. The van der Waals surface area contributed by atoms with Crippen molar-refractivity contribution in [3.8, 4) is 0 Å². The first-order valence-corrected chi connectivity index (χ1v) is 6.52. The molecule has 2 aromatic rings. The highest BCUT2D eigenvalue weighted by molar-refractivity contribution is 5.88. The molecule has 0 aliphatic carbocycles. The van der Waals surface area contributed by atoms with E-state index < -0.39 is 12.0 Å². The van der Waals surface area contributed by atoms with Gasteiger partial charge in [0.1, 0.15) is 6.04 Å². The van der Waals surface area contributed by atoms with Crippen LogP contribution in [0.25, 0.3) is 10.9 Å². The molecule has 102 valence electrons. The molecule has 1 aliphatic heterocycles. The smallest absolute Gasteiger partial charge is 0.326 e. The summed E-state index contributed by atoms with van der Waals surface area (Å²) in [6.45, 7) is 0.318. The van der Waals surface area contributed by atoms with Crippen LogP contribution in [0.1, 0.15) is 18.4 Å². The van der Waals surface area contributed by atoms with Gasteiger partial charge >= 0.3 is 5.97 Å². The molecule has 3 rings (SSSR count). The Kier molecular flexibility index (Phi) is 3.10. The number of aromatic nitrogens is 1. The lowest BCUT2D eigenvalue weighted by Crippen LogP contribution is -2.37. The van der Waals surface area contributed by atoms with Crippen LogP contribution in [0.3, 0.4) is 0 Å². The second kappa shape index (κ2) is 4.92. The van der Waals surface area contributed by atoms with Crippen LogP contribution in [0.5, 0.6) is 0 Å². The van der Waals surface area contributed by atoms with Crippen LogP contribution < -0.4 is 0 Å². The topological polar surface area (TPSA) is 70.5 Å². The Labute approximate surface area is 115 Å². The Morgan fingerprint density at radius 1 is 1.35 bits per heavy atom. The summed E-state index contributed by atoms with van der Waals surface area (Å²) in [6, 6.07) is 8.78. The summed E-state index contributed by atoms with van der Waals surface area (Å²) >= 11 is 0. The van der Waals surface area contributed by atoms with E-state index in [0.29, 0.717) is 19.4 Å². The van der Waals surface area contributed by atoms with Crippen molar-refractivity contribution in [2.24, 2.45) is 0 Å². The summed E-state index contributed by atoms with van der Waals surface area (Å²) in [6.07, 6.45) is 2.38. The third kappa shape index (κ3) is 2.11. The zero-order valence-corrected chi connectivity index (χ0v) is 10.8. The second-order valence-corrected chi connectivity index (χ2v) is 4.90. The van der Waals surface area contributed by atoms with Crippen LogP contribution in [0.2, 0.25) is 0 Å². The van der Waals surface area contributed by atoms with Crippen molar-refractivity contribution >= 4 is 22.8 Å². The number of carboxylic acids is 1. The zero-order chi connectivity index (χ0) is 14.1. The van der Waals surface area contributed by atoms with E-state index in [1.54, 1.807) is 6.20 Å². The predicted molar refractivity (Wildman–Crippen MR) is 73.0 cm³/mol. The number of hydrogen-bond acceptors (Lipinski definition) is 3. The molecule has 0 spiro atoms. The molecule has 1 aromatic carbocycles. The van der Waals surface area contributed by atoms with Crippen molar-refractivity contribution in [2.45, 2.75) is 25.4 Å². The first kappa shape index (κ1) is 12.6. The van der Waals surface area contributed by atoms with E-state index in [2.05, 4.69) is 4.98 Å². The van der Waals surface area contributed by atoms with Crippen LogP contribution in [0.4, 0.5) is 0 Å². The molecule has 1 amide bonds. The lowest BCUT2D eigenvalue weighted by Gasteiger charge is -2.22. The Morgan fingerprint density at radius 2 is 2.15 bits per heavy atom. The van der Waals surface area contributed by atoms with Gasteiger partial charge in [-0.15, -0.1) is 0 Å². The fraction of sp³-hybridized carbons (Fsp3) is 0.267. The van der Waals surface area contributed by atoms with Gasteiger partial charge in [0.15, 0.2) is 0 Å². The minimum absolute atomic E-state index is 0.0988. The number of para-hydroxylation sites is 1. The van der Waals surface area contributed by atoms with E-state index in [-0.39, 0.29) is 5.91 Å². The number of aliphatic carboxylic acids is 1. The van der Waals surface area contributed by atoms with E-state index in [0.717, 1.165) is 16.5 Å². The average molecular weight is 270 g/mol. The number of benzene rings is 1. The van der Waals surface area contributed by atoms with Gasteiger partial charge in [0.25, 0.3) is 0 Å². The highest BCUT2D eigenvalue weighted by Gasteiger charge is 2.35. The Bertz CT molecular complexity index is 678. The number of carboxylic acid groups (broad SMARTS) is 1. The molecule has 0 saturated carbocycles. The summed E-state index contributed by atoms with van der Waals surface area (Å²) in [4.78, 5) is 28.8. The maximum atomic E-state index is 11.9. The molecule has 0 bridgehead atoms. The molecule has 1 fully saturated rings. The Hall–Kier alpha value is -2.43. The molecule has 1 atom stereocenters. The van der Waals surface area contributed by atoms with Crippen LogP contribution >= 0.6 is 0 Å². The van der Waals surface area contributed by atoms with Crippen molar-refractivity contribution in [3.63, 3.8) is 0 Å². The van der Waals surface area contributed by atoms with Crippen LogP contribution in [0.15, 0.2) is 36.5 Å². The number of fused-ring (bicyclic) bond motifs is 1. The number of nitrogens with zero attached hydrogens (tertiary/aromatic N) is 2. The number of rotatable bonds is 3. The first-order valence-electron chi connectivity index (χ1n) is 6.52. The van der Waals surface area contributed by atoms with Gasteiger partial charge in [-0.3, -0.25) is 9.78 Å². The monoisotopic (exact) mass is 270 g/mol. The van der Waals surface area contributed by atoms with Gasteiger partial charge < -0.3 is 10.0 Å². The van der Waals surface area contributed by atoms with Crippen molar-refractivity contribution in [1.29, 1.82) is 0 Å². The molecule has 1 unspecified atom stereocenters. The van der Waals surface area contributed by atoms with Gasteiger partial charge in [-0.1, -0.05) is 18.2 Å². The largest absolute Gasteiger partial charge is 0.480 e. The van der Waals surface area contributed by atoms with E-state index >= 15 is 0 Å². The highest BCUT2D eigenvalue weighted by Crippen LogP contribution is 2.24. The molecule has 1 aromatic heterocycles. The number of amides is 1. The molecule has 1 saturated heterocycles. The fourth-order valence-electron chi connectivity index (χ4n) is 2.67. The summed E-state index contributed by atoms with van der Waals surface area (Å²) in [7, 11) is 0. The van der Waals surface area contributed by atoms with E-state index in [9.17, 15) is 14.7 Å². The van der Waals surface area contributed by atoms with Crippen molar-refractivity contribution in [3.05, 3.63) is 42.1 Å². The molecule has 1 aliphatic rings. The van der Waals surface area contributed by atoms with Gasteiger partial charge in [0.05, 0.1) is 5.52 Å². The quantitative estimate of drug-likeness (QED) is 0.923. The van der Waals surface area contributed by atoms with E-state index in [1.807, 2.05) is 30.3 Å². The second-order valence-electron chi connectivity index (χ2n) is 4.90. The minimum atomic E-state index is -0.936. The van der Waals surface area contributed by atoms with Gasteiger partial charge in [-0.2, -0.15) is 0 Å². The van der Waals surface area contributed by atoms with Crippen molar-refractivity contribution in [2.75, 3.05) is 0 Å². The number of likely N-dealkylation sites (tertiary alicyclic amines) is 1. The Balaban J connectivity index is 1.96. The van der Waals surface area contributed by atoms with Crippen LogP contribution in [0, 0.1) is 0 Å². The molecule has 0 radical (unpaired) electrons. The lowest BCUT2D eigenvalue weighted by molar-refractivity contribution is -0.146. The molecule has 1 N–H and O–H groups in total. The molecule has 20 heavy (non-hydrogen) atoms. The minimum Gasteiger partial charge on any atom is -0.480 e. The third-order valence-electron chi connectivity index (χ3n) is 3.69. The zero-order valence-electron chi connectivity index (χ0n) is 10.8. The van der Waals surface area contributed by atoms with Crippen LogP contribution in [-0.2, 0) is 16.1 Å². The van der Waals surface area contributed by atoms with E-state index in [4.69, 9.17) is 0 Å². The van der Waals surface area contributed by atoms with Gasteiger partial charge in [0.2, 0.25) is 5.91 Å². The third-order valence-corrected chi connectivity index (χ3v) is 3.69. The normalized spacial score (nSPS) is 18.7. The number of pyridine rings is 1. The predicted octanol–water partition coefficient (Wildman–Crippen LogP) is 1.81. The highest BCUT2D eigenvalue weighted by atomic mass is 16.4. The maximum Gasteiger partial charge on any atom is 0.326 e. The van der Waals surface area contributed by atoms with Gasteiger partial charge in [0, 0.05) is 24.5 Å². The maximum absolute atomic E-state index is 11.9. The average Bonchev–Trinajstić information content (AvgIpc) is 2.81. The van der Waals surface area contributed by atoms with E-state index in [1.165, 1.54) is 4.90 Å². The molecule has 5 nitrogen and oxygen atoms in total. The molecule has 2 heterocycles. The fourth-order valence-corrected chi connectivity index (χ4v) is 2.67. The SMILES string of the molecule is O=C(O)C1CCC(=O)N1Cc1ccnc2ccccc12. The summed E-state index contributed by atoms with van der Waals surface area (Å²) < 4.78 is 0. The van der Waals surface area contributed by atoms with Crippen molar-refractivity contribution in [1.82, 2.24) is 9.88 Å². The summed E-state index contributed by atoms with van der Waals surface area (Å²) in [5.41, 5.74) is 1.78. The molecular formula is C15H14N2O3.